The van der Waals surface area contributed by atoms with Crippen LogP contribution in [-0.4, -0.2) is 27.9 Å². The summed E-state index contributed by atoms with van der Waals surface area (Å²) in [6.45, 7) is 1.84. The molecule has 0 radical (unpaired) electrons. The van der Waals surface area contributed by atoms with Gasteiger partial charge in [-0.05, 0) is 18.1 Å². The van der Waals surface area contributed by atoms with Gasteiger partial charge in [-0.1, -0.05) is 60.2 Å². The third kappa shape index (κ3) is 4.88. The van der Waals surface area contributed by atoms with Crippen molar-refractivity contribution in [2.75, 3.05) is 0 Å². The van der Waals surface area contributed by atoms with Crippen molar-refractivity contribution < 1.29 is 24.6 Å². The third-order valence-corrected chi connectivity index (χ3v) is 3.73. The maximum atomic E-state index is 12.2. The van der Waals surface area contributed by atoms with E-state index in [0.717, 1.165) is 11.1 Å². The van der Waals surface area contributed by atoms with Gasteiger partial charge in [0.2, 0.25) is 0 Å². The molecule has 0 atom stereocenters. The van der Waals surface area contributed by atoms with E-state index in [0.29, 0.717) is 0 Å². The summed E-state index contributed by atoms with van der Waals surface area (Å²) in [5.41, 5.74) is 1.18. The fourth-order valence-corrected chi connectivity index (χ4v) is 2.50. The van der Waals surface area contributed by atoms with Crippen molar-refractivity contribution in [3.63, 3.8) is 0 Å². The molecule has 0 saturated heterocycles. The van der Waals surface area contributed by atoms with Gasteiger partial charge in [0.1, 0.15) is 5.78 Å². The second-order valence-electron chi connectivity index (χ2n) is 5.71. The normalized spacial score (nSPS) is 11.6. The quantitative estimate of drug-likeness (QED) is 0.757. The number of carbonyl (C=O) groups excluding carboxylic acids is 1. The number of aliphatic carboxylic acids is 2. The standard InChI is InChI=1S/C20H18O5/c1-13-7-9-15(10-8-13)18(20(24)25)17(19(22)23)12-16(21)11-14-5-3-2-4-6-14/h2-10H,11-12H2,1H3,(H,22,23)(H,24,25). The molecule has 0 heterocycles. The first-order valence-electron chi connectivity index (χ1n) is 7.71. The molecule has 0 saturated carbocycles. The summed E-state index contributed by atoms with van der Waals surface area (Å²) in [6, 6.07) is 15.4. The van der Waals surface area contributed by atoms with E-state index in [-0.39, 0.29) is 23.3 Å². The smallest absolute Gasteiger partial charge is 0.336 e. The van der Waals surface area contributed by atoms with E-state index in [2.05, 4.69) is 0 Å². The average molecular weight is 338 g/mol. The van der Waals surface area contributed by atoms with Crippen LogP contribution in [0, 0.1) is 6.92 Å². The van der Waals surface area contributed by atoms with E-state index in [1.807, 2.05) is 13.0 Å². The summed E-state index contributed by atoms with van der Waals surface area (Å²) in [5, 5.41) is 18.9. The van der Waals surface area contributed by atoms with Gasteiger partial charge in [0.25, 0.3) is 0 Å². The van der Waals surface area contributed by atoms with Gasteiger partial charge in [0.05, 0.1) is 11.1 Å². The third-order valence-electron chi connectivity index (χ3n) is 3.73. The lowest BCUT2D eigenvalue weighted by Gasteiger charge is -2.09. The van der Waals surface area contributed by atoms with E-state index in [1.54, 1.807) is 48.5 Å². The SMILES string of the molecule is Cc1ccc(C(C(=O)O)=C(CC(=O)Cc2ccccc2)C(=O)O)cc1. The van der Waals surface area contributed by atoms with Gasteiger partial charge in [0, 0.05) is 12.8 Å². The molecule has 0 fully saturated rings. The van der Waals surface area contributed by atoms with E-state index in [1.165, 1.54) is 0 Å². The summed E-state index contributed by atoms with van der Waals surface area (Å²) in [6.07, 6.45) is -0.391. The molecule has 5 heteroatoms. The summed E-state index contributed by atoms with van der Waals surface area (Å²) < 4.78 is 0. The molecular formula is C20H18O5. The van der Waals surface area contributed by atoms with Crippen molar-refractivity contribution in [1.82, 2.24) is 0 Å². The molecule has 0 aromatic heterocycles. The molecule has 2 N–H and O–H groups in total. The van der Waals surface area contributed by atoms with Crippen molar-refractivity contribution >= 4 is 23.3 Å². The molecule has 0 amide bonds. The molecule has 0 aliphatic carbocycles. The van der Waals surface area contributed by atoms with E-state index in [9.17, 15) is 24.6 Å². The summed E-state index contributed by atoms with van der Waals surface area (Å²) >= 11 is 0. The number of benzene rings is 2. The van der Waals surface area contributed by atoms with Crippen LogP contribution < -0.4 is 0 Å². The number of ketones is 1. The molecule has 5 nitrogen and oxygen atoms in total. The van der Waals surface area contributed by atoms with Crippen LogP contribution in [0.25, 0.3) is 5.57 Å². The lowest BCUT2D eigenvalue weighted by molar-refractivity contribution is -0.135. The van der Waals surface area contributed by atoms with Crippen LogP contribution in [0.15, 0.2) is 60.2 Å². The fraction of sp³-hybridized carbons (Fsp3) is 0.150. The van der Waals surface area contributed by atoms with Crippen molar-refractivity contribution in [3.05, 3.63) is 76.9 Å². The molecular weight excluding hydrogens is 320 g/mol. The van der Waals surface area contributed by atoms with Crippen LogP contribution in [0.1, 0.15) is 23.1 Å². The number of Topliss-reactive ketones (excluding diaryl/α,β-unsaturated/α-hetero) is 1. The van der Waals surface area contributed by atoms with Gasteiger partial charge in [0.15, 0.2) is 0 Å². The number of hydrogen-bond acceptors (Lipinski definition) is 3. The van der Waals surface area contributed by atoms with Crippen LogP contribution in [0.5, 0.6) is 0 Å². The van der Waals surface area contributed by atoms with Crippen LogP contribution in [0.2, 0.25) is 0 Å². The summed E-state index contributed by atoms with van der Waals surface area (Å²) in [4.78, 5) is 35.5. The Morgan fingerprint density at radius 1 is 0.840 bits per heavy atom. The summed E-state index contributed by atoms with van der Waals surface area (Å²) in [7, 11) is 0. The highest BCUT2D eigenvalue weighted by molar-refractivity contribution is 6.22. The van der Waals surface area contributed by atoms with Gasteiger partial charge < -0.3 is 10.2 Å². The molecule has 128 valence electrons. The molecule has 2 aromatic rings. The zero-order valence-corrected chi connectivity index (χ0v) is 13.7. The highest BCUT2D eigenvalue weighted by Crippen LogP contribution is 2.23. The largest absolute Gasteiger partial charge is 0.478 e. The molecule has 0 aliphatic heterocycles. The lowest BCUT2D eigenvalue weighted by Crippen LogP contribution is -2.15. The monoisotopic (exact) mass is 338 g/mol. The zero-order valence-electron chi connectivity index (χ0n) is 13.7. The molecule has 0 aliphatic rings. The maximum Gasteiger partial charge on any atom is 0.336 e. The van der Waals surface area contributed by atoms with E-state index < -0.39 is 23.9 Å². The van der Waals surface area contributed by atoms with Gasteiger partial charge in [-0.15, -0.1) is 0 Å². The molecule has 2 rings (SSSR count). The van der Waals surface area contributed by atoms with Gasteiger partial charge >= 0.3 is 11.9 Å². The highest BCUT2D eigenvalue weighted by Gasteiger charge is 2.24. The Morgan fingerprint density at radius 3 is 1.96 bits per heavy atom. The first-order chi connectivity index (χ1) is 11.9. The number of carboxylic acid groups (broad SMARTS) is 2. The van der Waals surface area contributed by atoms with Crippen molar-refractivity contribution in [2.24, 2.45) is 0 Å². The van der Waals surface area contributed by atoms with Crippen molar-refractivity contribution in [1.29, 1.82) is 0 Å². The zero-order chi connectivity index (χ0) is 18.4. The van der Waals surface area contributed by atoms with E-state index >= 15 is 0 Å². The lowest BCUT2D eigenvalue weighted by atomic mass is 9.94. The second kappa shape index (κ2) is 8.06. The average Bonchev–Trinajstić information content (AvgIpc) is 2.56. The Balaban J connectivity index is 2.36. The van der Waals surface area contributed by atoms with Gasteiger partial charge in [-0.3, -0.25) is 4.79 Å². The number of carbonyl (C=O) groups is 3. The minimum Gasteiger partial charge on any atom is -0.478 e. The van der Waals surface area contributed by atoms with Gasteiger partial charge in [-0.25, -0.2) is 9.59 Å². The van der Waals surface area contributed by atoms with Crippen molar-refractivity contribution in [2.45, 2.75) is 19.8 Å². The van der Waals surface area contributed by atoms with Crippen LogP contribution >= 0.6 is 0 Å². The first kappa shape index (κ1) is 18.1. The number of rotatable bonds is 7. The number of carboxylic acids is 2. The minimum absolute atomic E-state index is 0.0540. The Hall–Kier alpha value is -3.21. The predicted octanol–water partition coefficient (Wildman–Crippen LogP) is 3.12. The van der Waals surface area contributed by atoms with Gasteiger partial charge in [-0.2, -0.15) is 0 Å². The molecule has 0 spiro atoms. The molecule has 0 bridgehead atoms. The molecule has 2 aromatic carbocycles. The Bertz CT molecular complexity index is 817. The van der Waals surface area contributed by atoms with Crippen LogP contribution in [0.4, 0.5) is 0 Å². The fourth-order valence-electron chi connectivity index (χ4n) is 2.50. The number of hydrogen-bond donors (Lipinski definition) is 2. The molecule has 25 heavy (non-hydrogen) atoms. The molecule has 0 unspecified atom stereocenters. The minimum atomic E-state index is -1.40. The highest BCUT2D eigenvalue weighted by atomic mass is 16.4. The van der Waals surface area contributed by atoms with Crippen LogP contribution in [0.3, 0.4) is 0 Å². The second-order valence-corrected chi connectivity index (χ2v) is 5.71. The van der Waals surface area contributed by atoms with E-state index in [4.69, 9.17) is 0 Å². The Kier molecular flexibility index (Phi) is 5.84. The maximum absolute atomic E-state index is 12.2. The van der Waals surface area contributed by atoms with Crippen LogP contribution in [-0.2, 0) is 20.8 Å². The number of aryl methyl sites for hydroxylation is 1. The Morgan fingerprint density at radius 2 is 1.44 bits per heavy atom. The Labute approximate surface area is 145 Å². The first-order valence-corrected chi connectivity index (χ1v) is 7.71. The topological polar surface area (TPSA) is 91.7 Å². The predicted molar refractivity (Wildman–Crippen MR) is 93.1 cm³/mol. The summed E-state index contributed by atoms with van der Waals surface area (Å²) in [5.74, 6) is -3.12. The van der Waals surface area contributed by atoms with Crippen molar-refractivity contribution in [3.8, 4) is 0 Å².